The van der Waals surface area contributed by atoms with Crippen LogP contribution in [0.1, 0.15) is 342 Å². The first-order chi connectivity index (χ1) is 37.0. The molecule has 0 aromatic heterocycles. The van der Waals surface area contributed by atoms with E-state index >= 15 is 0 Å². The molecule has 75 heavy (non-hydrogen) atoms. The van der Waals surface area contributed by atoms with Crippen molar-refractivity contribution in [2.24, 2.45) is 0 Å². The third-order valence-electron chi connectivity index (χ3n) is 14.5. The van der Waals surface area contributed by atoms with E-state index in [1.807, 2.05) is 0 Å². The molecule has 1 unspecified atom stereocenters. The van der Waals surface area contributed by atoms with E-state index in [0.717, 1.165) is 96.3 Å². The largest absolute Gasteiger partial charge is 0.462 e. The zero-order chi connectivity index (χ0) is 54.3. The number of unbranched alkanes of at least 4 members (excludes halogenated alkanes) is 39. The molecule has 0 spiro atoms. The first kappa shape index (κ1) is 72.1. The number of hydrogen-bond acceptors (Lipinski definition) is 6. The molecule has 0 aliphatic rings. The second kappa shape index (κ2) is 63.6. The quantitative estimate of drug-likeness (QED) is 0.0261. The highest BCUT2D eigenvalue weighted by Crippen LogP contribution is 2.17. The molecular weight excluding hydrogens is 925 g/mol. The van der Waals surface area contributed by atoms with Gasteiger partial charge in [-0.05, 0) is 83.5 Å². The summed E-state index contributed by atoms with van der Waals surface area (Å²) in [6.45, 7) is 6.56. The average Bonchev–Trinajstić information content (AvgIpc) is 3.41. The van der Waals surface area contributed by atoms with Crippen LogP contribution in [-0.2, 0) is 28.6 Å². The summed E-state index contributed by atoms with van der Waals surface area (Å²) >= 11 is 0. The van der Waals surface area contributed by atoms with Crippen LogP contribution in [0.3, 0.4) is 0 Å². The lowest BCUT2D eigenvalue weighted by Crippen LogP contribution is -2.30. The smallest absolute Gasteiger partial charge is 0.306 e. The van der Waals surface area contributed by atoms with Gasteiger partial charge in [-0.1, -0.05) is 300 Å². The summed E-state index contributed by atoms with van der Waals surface area (Å²) in [5, 5.41) is 0. The number of carbonyl (C=O) groups is 3. The highest BCUT2D eigenvalue weighted by atomic mass is 16.6. The lowest BCUT2D eigenvalue weighted by Gasteiger charge is -2.18. The number of rotatable bonds is 60. The van der Waals surface area contributed by atoms with Crippen molar-refractivity contribution in [3.63, 3.8) is 0 Å². The summed E-state index contributed by atoms with van der Waals surface area (Å²) in [4.78, 5) is 38.3. The Morgan fingerprint density at radius 3 is 0.827 bits per heavy atom. The first-order valence-electron chi connectivity index (χ1n) is 32.8. The molecule has 0 saturated heterocycles. The van der Waals surface area contributed by atoms with E-state index in [0.29, 0.717) is 19.3 Å². The molecule has 0 aliphatic heterocycles. The average molecular weight is 1050 g/mol. The molecule has 1 atom stereocenters. The van der Waals surface area contributed by atoms with Crippen molar-refractivity contribution in [3.8, 4) is 0 Å². The van der Waals surface area contributed by atoms with Crippen LogP contribution in [0.15, 0.2) is 60.8 Å². The van der Waals surface area contributed by atoms with Gasteiger partial charge < -0.3 is 14.2 Å². The van der Waals surface area contributed by atoms with Crippen LogP contribution in [0.25, 0.3) is 0 Å². The molecule has 0 saturated carbocycles. The summed E-state index contributed by atoms with van der Waals surface area (Å²) in [5.74, 6) is -0.885. The second-order valence-electron chi connectivity index (χ2n) is 22.0. The number of allylic oxidation sites excluding steroid dienone is 10. The molecule has 0 radical (unpaired) electrons. The van der Waals surface area contributed by atoms with Crippen molar-refractivity contribution in [3.05, 3.63) is 60.8 Å². The molecule has 0 aromatic rings. The van der Waals surface area contributed by atoms with Crippen LogP contribution in [-0.4, -0.2) is 37.2 Å². The van der Waals surface area contributed by atoms with E-state index < -0.39 is 6.10 Å². The Labute approximate surface area is 466 Å². The van der Waals surface area contributed by atoms with E-state index in [4.69, 9.17) is 14.2 Å². The Bertz CT molecular complexity index is 1340. The van der Waals surface area contributed by atoms with E-state index in [-0.39, 0.29) is 31.1 Å². The van der Waals surface area contributed by atoms with E-state index in [1.54, 1.807) is 0 Å². The standard InChI is InChI=1S/C69H124O6/c1-4-7-10-13-16-19-22-25-28-30-31-32-33-34-35-36-37-39-41-44-47-50-53-56-59-62-68(71)74-65-66(64-73-67(70)61-58-55-52-49-46-43-40-27-24-21-18-15-12-9-6-3)75-69(72)63-60-57-54-51-48-45-42-38-29-26-23-20-17-14-11-8-5-2/h8,11,17,20,26,29-31,42,45,66H,4-7,9-10,12-16,18-19,21-25,27-28,32-41,43-44,46-65H2,1-3H3/b11-8-,20-17-,29-26-,31-30-,45-42-. The molecular formula is C69H124O6. The molecule has 0 aliphatic carbocycles. The number of esters is 3. The second-order valence-corrected chi connectivity index (χ2v) is 22.0. The Balaban J connectivity index is 4.30. The van der Waals surface area contributed by atoms with E-state index in [2.05, 4.69) is 81.5 Å². The molecule has 6 nitrogen and oxygen atoms in total. The maximum atomic E-state index is 12.9. The zero-order valence-electron chi connectivity index (χ0n) is 50.1. The molecule has 0 bridgehead atoms. The van der Waals surface area contributed by atoms with Gasteiger partial charge in [0, 0.05) is 19.3 Å². The summed E-state index contributed by atoms with van der Waals surface area (Å²) in [7, 11) is 0. The normalized spacial score (nSPS) is 12.4. The van der Waals surface area contributed by atoms with Gasteiger partial charge in [-0.15, -0.1) is 0 Å². The van der Waals surface area contributed by atoms with Gasteiger partial charge in [0.05, 0.1) is 0 Å². The Morgan fingerprint density at radius 2 is 0.520 bits per heavy atom. The minimum absolute atomic E-state index is 0.0806. The topological polar surface area (TPSA) is 78.9 Å². The predicted molar refractivity (Wildman–Crippen MR) is 325 cm³/mol. The van der Waals surface area contributed by atoms with Gasteiger partial charge in [0.1, 0.15) is 13.2 Å². The van der Waals surface area contributed by atoms with Gasteiger partial charge in [0.15, 0.2) is 6.10 Å². The van der Waals surface area contributed by atoms with Crippen LogP contribution < -0.4 is 0 Å². The highest BCUT2D eigenvalue weighted by molar-refractivity contribution is 5.71. The fourth-order valence-electron chi connectivity index (χ4n) is 9.61. The Kier molecular flexibility index (Phi) is 61.2. The lowest BCUT2D eigenvalue weighted by molar-refractivity contribution is -0.167. The van der Waals surface area contributed by atoms with Gasteiger partial charge in [-0.3, -0.25) is 14.4 Å². The third-order valence-corrected chi connectivity index (χ3v) is 14.5. The summed E-state index contributed by atoms with van der Waals surface area (Å²) < 4.78 is 16.9. The van der Waals surface area contributed by atoms with Crippen molar-refractivity contribution in [2.75, 3.05) is 13.2 Å². The zero-order valence-corrected chi connectivity index (χ0v) is 50.1. The van der Waals surface area contributed by atoms with Crippen LogP contribution >= 0.6 is 0 Å². The van der Waals surface area contributed by atoms with Crippen LogP contribution in [0.5, 0.6) is 0 Å². The fourth-order valence-corrected chi connectivity index (χ4v) is 9.61. The van der Waals surface area contributed by atoms with Crippen molar-refractivity contribution < 1.29 is 28.6 Å². The summed E-state index contributed by atoms with van der Waals surface area (Å²) in [6, 6.07) is 0. The third kappa shape index (κ3) is 61.8. The fraction of sp³-hybridized carbons (Fsp3) is 0.812. The first-order valence-corrected chi connectivity index (χ1v) is 32.8. The predicted octanol–water partition coefficient (Wildman–Crippen LogP) is 22.3. The molecule has 6 heteroatoms. The Hall–Kier alpha value is -2.89. The summed E-state index contributed by atoms with van der Waals surface area (Å²) in [6.07, 6.45) is 80.9. The molecule has 0 amide bonds. The SMILES string of the molecule is CC/C=C\C/C=C\C/C=C\C/C=C\CCCCCCC(=O)OC(COC(=O)CCCCCCCCCCCCCCC/C=C\CCCCCCCCCC)COC(=O)CCCCCCCCCCCCCCCCC. The van der Waals surface area contributed by atoms with Crippen molar-refractivity contribution in [1.29, 1.82) is 0 Å². The van der Waals surface area contributed by atoms with Gasteiger partial charge in [-0.25, -0.2) is 0 Å². The molecule has 0 aromatic carbocycles. The number of carbonyl (C=O) groups excluding carboxylic acids is 3. The number of hydrogen-bond donors (Lipinski definition) is 0. The summed E-state index contributed by atoms with van der Waals surface area (Å²) in [5.41, 5.74) is 0. The number of ether oxygens (including phenoxy) is 3. The van der Waals surface area contributed by atoms with Crippen molar-refractivity contribution in [2.45, 2.75) is 348 Å². The van der Waals surface area contributed by atoms with Gasteiger partial charge >= 0.3 is 17.9 Å². The molecule has 436 valence electrons. The lowest BCUT2D eigenvalue weighted by atomic mass is 10.0. The monoisotopic (exact) mass is 1050 g/mol. The van der Waals surface area contributed by atoms with Gasteiger partial charge in [0.2, 0.25) is 0 Å². The van der Waals surface area contributed by atoms with Crippen LogP contribution in [0.2, 0.25) is 0 Å². The molecule has 0 N–H and O–H groups in total. The highest BCUT2D eigenvalue weighted by Gasteiger charge is 2.19. The Morgan fingerprint density at radius 1 is 0.280 bits per heavy atom. The van der Waals surface area contributed by atoms with E-state index in [1.165, 1.54) is 205 Å². The van der Waals surface area contributed by atoms with E-state index in [9.17, 15) is 14.4 Å². The maximum Gasteiger partial charge on any atom is 0.306 e. The molecule has 0 fully saturated rings. The van der Waals surface area contributed by atoms with Crippen LogP contribution in [0, 0.1) is 0 Å². The van der Waals surface area contributed by atoms with Crippen molar-refractivity contribution in [1.82, 2.24) is 0 Å². The minimum Gasteiger partial charge on any atom is -0.462 e. The van der Waals surface area contributed by atoms with Gasteiger partial charge in [0.25, 0.3) is 0 Å². The maximum absolute atomic E-state index is 12.9. The van der Waals surface area contributed by atoms with Crippen LogP contribution in [0.4, 0.5) is 0 Å². The molecule has 0 rings (SSSR count). The molecule has 0 heterocycles. The minimum atomic E-state index is -0.786. The van der Waals surface area contributed by atoms with Crippen molar-refractivity contribution >= 4 is 17.9 Å². The van der Waals surface area contributed by atoms with Gasteiger partial charge in [-0.2, -0.15) is 0 Å².